The molecule has 0 aliphatic rings. The normalized spacial score (nSPS) is 10.5. The molecule has 0 fully saturated rings. The molecule has 1 amide bonds. The molecule has 2 aromatic carbocycles. The van der Waals surface area contributed by atoms with Crippen LogP contribution in [0.25, 0.3) is 5.69 Å². The lowest BCUT2D eigenvalue weighted by Gasteiger charge is -2.07. The number of rotatable bonds is 4. The van der Waals surface area contributed by atoms with Crippen LogP contribution in [0.2, 0.25) is 0 Å². The first kappa shape index (κ1) is 16.8. The van der Waals surface area contributed by atoms with Crippen LogP contribution in [0.5, 0.6) is 0 Å². The molecule has 3 aromatic rings. The molecule has 3 rings (SSSR count). The minimum atomic E-state index is -1.24. The second-order valence-corrected chi connectivity index (χ2v) is 5.98. The molecular weight excluding hydrogens is 393 g/mol. The number of carbonyl (C=O) groups is 2. The Kier molecular flexibility index (Phi) is 4.62. The molecule has 0 radical (unpaired) electrons. The predicted molar refractivity (Wildman–Crippen MR) is 92.6 cm³/mol. The average molecular weight is 404 g/mol. The number of nitrogens with zero attached hydrogens (tertiary/aromatic N) is 2. The zero-order valence-electron chi connectivity index (χ0n) is 12.6. The van der Waals surface area contributed by atoms with E-state index in [1.165, 1.54) is 23.0 Å². The number of aromatic carboxylic acids is 1. The third-order valence-corrected chi connectivity index (χ3v) is 3.93. The van der Waals surface area contributed by atoms with E-state index >= 15 is 0 Å². The fraction of sp³-hybridized carbons (Fsp3) is 0. The van der Waals surface area contributed by atoms with Crippen molar-refractivity contribution < 1.29 is 19.1 Å². The summed E-state index contributed by atoms with van der Waals surface area (Å²) >= 11 is 3.30. The highest BCUT2D eigenvalue weighted by molar-refractivity contribution is 9.10. The number of carbonyl (C=O) groups excluding carboxylic acids is 1. The van der Waals surface area contributed by atoms with Crippen LogP contribution >= 0.6 is 15.9 Å². The van der Waals surface area contributed by atoms with Crippen molar-refractivity contribution in [1.29, 1.82) is 0 Å². The Labute approximate surface area is 150 Å². The van der Waals surface area contributed by atoms with Gasteiger partial charge < -0.3 is 10.4 Å². The van der Waals surface area contributed by atoms with Crippen LogP contribution in [0.15, 0.2) is 59.2 Å². The summed E-state index contributed by atoms with van der Waals surface area (Å²) < 4.78 is 15.0. The van der Waals surface area contributed by atoms with Crippen LogP contribution in [-0.4, -0.2) is 26.8 Å². The quantitative estimate of drug-likeness (QED) is 0.694. The maximum absolute atomic E-state index is 12.9. The van der Waals surface area contributed by atoms with E-state index in [-0.39, 0.29) is 16.9 Å². The lowest BCUT2D eigenvalue weighted by Crippen LogP contribution is -2.16. The van der Waals surface area contributed by atoms with Gasteiger partial charge in [-0.05, 0) is 48.5 Å². The van der Waals surface area contributed by atoms with Gasteiger partial charge in [0.25, 0.3) is 5.91 Å². The SMILES string of the molecule is O=C(Nc1cnn(-c2ccc(Br)cc2)c1C(=O)O)c1ccc(F)cc1. The van der Waals surface area contributed by atoms with Crippen molar-refractivity contribution in [2.75, 3.05) is 5.32 Å². The molecule has 1 aromatic heterocycles. The van der Waals surface area contributed by atoms with Crippen molar-refractivity contribution in [3.63, 3.8) is 0 Å². The number of anilines is 1. The van der Waals surface area contributed by atoms with Gasteiger partial charge in [-0.2, -0.15) is 5.10 Å². The molecule has 0 atom stereocenters. The summed E-state index contributed by atoms with van der Waals surface area (Å²) in [5, 5.41) is 16.0. The van der Waals surface area contributed by atoms with Gasteiger partial charge in [-0.15, -0.1) is 0 Å². The van der Waals surface area contributed by atoms with Crippen molar-refractivity contribution in [3.8, 4) is 5.69 Å². The number of aromatic nitrogens is 2. The molecule has 2 N–H and O–H groups in total. The zero-order chi connectivity index (χ0) is 18.0. The maximum Gasteiger partial charge on any atom is 0.356 e. The number of nitrogens with one attached hydrogen (secondary N) is 1. The molecule has 0 saturated heterocycles. The lowest BCUT2D eigenvalue weighted by molar-refractivity contribution is 0.0688. The number of halogens is 2. The van der Waals surface area contributed by atoms with Gasteiger partial charge in [0.1, 0.15) is 5.82 Å². The van der Waals surface area contributed by atoms with Crippen molar-refractivity contribution >= 4 is 33.5 Å². The first-order valence-corrected chi connectivity index (χ1v) is 7.89. The van der Waals surface area contributed by atoms with Crippen LogP contribution in [0.3, 0.4) is 0 Å². The third kappa shape index (κ3) is 3.58. The van der Waals surface area contributed by atoms with Gasteiger partial charge in [0, 0.05) is 10.0 Å². The van der Waals surface area contributed by atoms with Gasteiger partial charge in [-0.1, -0.05) is 15.9 Å². The van der Waals surface area contributed by atoms with Gasteiger partial charge in [0.05, 0.1) is 17.6 Å². The van der Waals surface area contributed by atoms with Crippen LogP contribution in [-0.2, 0) is 0 Å². The molecule has 8 heteroatoms. The van der Waals surface area contributed by atoms with Gasteiger partial charge in [-0.25, -0.2) is 13.9 Å². The highest BCUT2D eigenvalue weighted by Gasteiger charge is 2.21. The van der Waals surface area contributed by atoms with E-state index < -0.39 is 17.7 Å². The summed E-state index contributed by atoms with van der Waals surface area (Å²) in [5.74, 6) is -2.27. The summed E-state index contributed by atoms with van der Waals surface area (Å²) in [5.41, 5.74) is 0.597. The second-order valence-electron chi connectivity index (χ2n) is 5.06. The van der Waals surface area contributed by atoms with Crippen molar-refractivity contribution in [3.05, 3.63) is 76.3 Å². The van der Waals surface area contributed by atoms with Crippen molar-refractivity contribution in [2.24, 2.45) is 0 Å². The molecule has 6 nitrogen and oxygen atoms in total. The Bertz CT molecular complexity index is 937. The largest absolute Gasteiger partial charge is 0.476 e. The Morgan fingerprint density at radius 3 is 2.32 bits per heavy atom. The molecule has 0 unspecified atom stereocenters. The summed E-state index contributed by atoms with van der Waals surface area (Å²) in [6, 6.07) is 11.8. The highest BCUT2D eigenvalue weighted by Crippen LogP contribution is 2.22. The van der Waals surface area contributed by atoms with Crippen LogP contribution in [0, 0.1) is 5.82 Å². The fourth-order valence-corrected chi connectivity index (χ4v) is 2.48. The van der Waals surface area contributed by atoms with Crippen LogP contribution in [0.4, 0.5) is 10.1 Å². The molecule has 25 heavy (non-hydrogen) atoms. The van der Waals surface area contributed by atoms with Gasteiger partial charge in [0.15, 0.2) is 5.69 Å². The highest BCUT2D eigenvalue weighted by atomic mass is 79.9. The third-order valence-electron chi connectivity index (χ3n) is 3.40. The molecule has 126 valence electrons. The topological polar surface area (TPSA) is 84.2 Å². The monoisotopic (exact) mass is 403 g/mol. The number of carboxylic acids is 1. The fourth-order valence-electron chi connectivity index (χ4n) is 2.22. The maximum atomic E-state index is 12.9. The summed E-state index contributed by atoms with van der Waals surface area (Å²) in [6.45, 7) is 0. The van der Waals surface area contributed by atoms with Gasteiger partial charge >= 0.3 is 5.97 Å². The van der Waals surface area contributed by atoms with E-state index in [4.69, 9.17) is 0 Å². The van der Waals surface area contributed by atoms with E-state index in [0.29, 0.717) is 5.69 Å². The number of hydrogen-bond donors (Lipinski definition) is 2. The van der Waals surface area contributed by atoms with E-state index in [1.54, 1.807) is 24.3 Å². The second kappa shape index (κ2) is 6.86. The average Bonchev–Trinajstić information content (AvgIpc) is 3.00. The smallest absolute Gasteiger partial charge is 0.356 e. The van der Waals surface area contributed by atoms with Gasteiger partial charge in [-0.3, -0.25) is 4.79 Å². The zero-order valence-corrected chi connectivity index (χ0v) is 14.2. The Morgan fingerprint density at radius 2 is 1.72 bits per heavy atom. The molecule has 0 spiro atoms. The molecule has 0 aliphatic carbocycles. The molecule has 0 aliphatic heterocycles. The van der Waals surface area contributed by atoms with E-state index in [2.05, 4.69) is 26.3 Å². The minimum Gasteiger partial charge on any atom is -0.476 e. The Hall–Kier alpha value is -3.00. The van der Waals surface area contributed by atoms with E-state index in [1.807, 2.05) is 0 Å². The molecule has 1 heterocycles. The molecular formula is C17H11BrFN3O3. The lowest BCUT2D eigenvalue weighted by atomic mass is 10.2. The van der Waals surface area contributed by atoms with Crippen molar-refractivity contribution in [2.45, 2.75) is 0 Å². The first-order chi connectivity index (χ1) is 12.0. The number of amides is 1. The van der Waals surface area contributed by atoms with Crippen LogP contribution in [0.1, 0.15) is 20.8 Å². The van der Waals surface area contributed by atoms with E-state index in [9.17, 15) is 19.1 Å². The summed E-state index contributed by atoms with van der Waals surface area (Å²) in [6.07, 6.45) is 1.26. The molecule has 0 bridgehead atoms. The van der Waals surface area contributed by atoms with Gasteiger partial charge in [0.2, 0.25) is 0 Å². The standard InChI is InChI=1S/C17H11BrFN3O3/c18-11-3-7-13(8-4-11)22-15(17(24)25)14(9-20-22)21-16(23)10-1-5-12(19)6-2-10/h1-9H,(H,21,23)(H,24,25). The number of benzene rings is 2. The van der Waals surface area contributed by atoms with Crippen molar-refractivity contribution in [1.82, 2.24) is 9.78 Å². The minimum absolute atomic E-state index is 0.0461. The van der Waals surface area contributed by atoms with Crippen LogP contribution < -0.4 is 5.32 Å². The first-order valence-electron chi connectivity index (χ1n) is 7.10. The number of carboxylic acid groups (broad SMARTS) is 1. The Balaban J connectivity index is 1.94. The molecule has 0 saturated carbocycles. The predicted octanol–water partition coefficient (Wildman–Crippen LogP) is 3.72. The summed E-state index contributed by atoms with van der Waals surface area (Å²) in [4.78, 5) is 23.9. The number of hydrogen-bond acceptors (Lipinski definition) is 3. The van der Waals surface area contributed by atoms with E-state index in [0.717, 1.165) is 16.6 Å². The summed E-state index contributed by atoms with van der Waals surface area (Å²) in [7, 11) is 0. The Morgan fingerprint density at radius 1 is 1.08 bits per heavy atom.